The van der Waals surface area contributed by atoms with Crippen molar-refractivity contribution in [2.24, 2.45) is 5.92 Å². The van der Waals surface area contributed by atoms with Crippen LogP contribution in [0.5, 0.6) is 0 Å². The topological polar surface area (TPSA) is 16.1 Å². The van der Waals surface area contributed by atoms with Crippen LogP contribution in [-0.4, -0.2) is 28.4 Å². The highest BCUT2D eigenvalue weighted by Gasteiger charge is 2.24. The molecule has 0 amide bonds. The molecule has 0 saturated carbocycles. The maximum Gasteiger partial charge on any atom is 0.0705 e. The summed E-state index contributed by atoms with van der Waals surface area (Å²) >= 11 is 6.39. The second-order valence-electron chi connectivity index (χ2n) is 5.50. The quantitative estimate of drug-likeness (QED) is 0.777. The standard InChI is InChI=1S/C16H19ClN2/c1-12-7-9-19(11-15(12)17)10-13-6-8-18-16-5-3-2-4-14(13)16/h2-6,8,12,15H,7,9-11H2,1H3. The fraction of sp³-hybridized carbons (Fsp3) is 0.438. The van der Waals surface area contributed by atoms with Gasteiger partial charge in [-0.25, -0.2) is 0 Å². The maximum absolute atomic E-state index is 6.39. The Bertz CT molecular complexity index is 564. The number of rotatable bonds is 2. The van der Waals surface area contributed by atoms with Crippen LogP contribution in [-0.2, 0) is 6.54 Å². The van der Waals surface area contributed by atoms with E-state index >= 15 is 0 Å². The molecule has 19 heavy (non-hydrogen) atoms. The molecule has 3 heteroatoms. The number of alkyl halides is 1. The molecule has 1 saturated heterocycles. The molecule has 1 aliphatic heterocycles. The molecule has 0 radical (unpaired) electrons. The van der Waals surface area contributed by atoms with Gasteiger partial charge in [0.25, 0.3) is 0 Å². The third kappa shape index (κ3) is 2.75. The minimum absolute atomic E-state index is 0.279. The fourth-order valence-corrected chi connectivity index (χ4v) is 3.08. The number of para-hydroxylation sites is 1. The summed E-state index contributed by atoms with van der Waals surface area (Å²) in [5, 5.41) is 1.54. The van der Waals surface area contributed by atoms with E-state index in [-0.39, 0.29) is 5.38 Å². The first-order valence-corrected chi connectivity index (χ1v) is 7.37. The Kier molecular flexibility index (Phi) is 3.72. The van der Waals surface area contributed by atoms with Gasteiger partial charge in [-0.15, -0.1) is 11.6 Å². The molecule has 1 aliphatic rings. The van der Waals surface area contributed by atoms with Gasteiger partial charge in [0.2, 0.25) is 0 Å². The normalized spacial score (nSPS) is 24.7. The lowest BCUT2D eigenvalue weighted by Crippen LogP contribution is -2.39. The predicted molar refractivity (Wildman–Crippen MR) is 80.4 cm³/mol. The van der Waals surface area contributed by atoms with Gasteiger partial charge in [0.1, 0.15) is 0 Å². The summed E-state index contributed by atoms with van der Waals surface area (Å²) in [4.78, 5) is 6.88. The van der Waals surface area contributed by atoms with Gasteiger partial charge >= 0.3 is 0 Å². The molecule has 100 valence electrons. The molecule has 3 rings (SSSR count). The van der Waals surface area contributed by atoms with E-state index in [1.807, 2.05) is 12.3 Å². The molecular weight excluding hydrogens is 256 g/mol. The molecule has 1 aromatic heterocycles. The molecule has 0 spiro atoms. The smallest absolute Gasteiger partial charge is 0.0705 e. The number of pyridine rings is 1. The van der Waals surface area contributed by atoms with Crippen molar-refractivity contribution in [3.63, 3.8) is 0 Å². The monoisotopic (exact) mass is 274 g/mol. The number of benzene rings is 1. The third-order valence-electron chi connectivity index (χ3n) is 4.08. The first kappa shape index (κ1) is 12.9. The zero-order valence-corrected chi connectivity index (χ0v) is 12.0. The van der Waals surface area contributed by atoms with Crippen molar-refractivity contribution in [1.29, 1.82) is 0 Å². The average Bonchev–Trinajstić information content (AvgIpc) is 2.43. The number of likely N-dealkylation sites (tertiary alicyclic amines) is 1. The molecule has 1 aromatic carbocycles. The molecule has 2 aromatic rings. The third-order valence-corrected chi connectivity index (χ3v) is 4.65. The van der Waals surface area contributed by atoms with E-state index in [0.717, 1.165) is 25.2 Å². The number of hydrogen-bond donors (Lipinski definition) is 0. The van der Waals surface area contributed by atoms with Gasteiger partial charge in [0.15, 0.2) is 0 Å². The Balaban J connectivity index is 1.82. The van der Waals surface area contributed by atoms with Crippen molar-refractivity contribution in [3.05, 3.63) is 42.1 Å². The highest BCUT2D eigenvalue weighted by atomic mass is 35.5. The van der Waals surface area contributed by atoms with E-state index in [4.69, 9.17) is 11.6 Å². The molecule has 2 atom stereocenters. The Morgan fingerprint density at radius 1 is 1.32 bits per heavy atom. The fourth-order valence-electron chi connectivity index (χ4n) is 2.76. The number of halogens is 1. The lowest BCUT2D eigenvalue weighted by atomic mass is 9.98. The minimum atomic E-state index is 0.279. The van der Waals surface area contributed by atoms with Gasteiger partial charge in [0, 0.05) is 30.0 Å². The van der Waals surface area contributed by atoms with E-state index in [2.05, 4.69) is 41.1 Å². The number of hydrogen-bond acceptors (Lipinski definition) is 2. The Morgan fingerprint density at radius 3 is 3.00 bits per heavy atom. The molecule has 0 aliphatic carbocycles. The highest BCUT2D eigenvalue weighted by molar-refractivity contribution is 6.21. The Morgan fingerprint density at radius 2 is 2.16 bits per heavy atom. The van der Waals surface area contributed by atoms with E-state index in [9.17, 15) is 0 Å². The summed E-state index contributed by atoms with van der Waals surface area (Å²) in [6.45, 7) is 5.34. The van der Waals surface area contributed by atoms with Gasteiger partial charge in [-0.1, -0.05) is 25.1 Å². The van der Waals surface area contributed by atoms with Gasteiger partial charge < -0.3 is 0 Å². The first-order chi connectivity index (χ1) is 9.24. The van der Waals surface area contributed by atoms with Crippen LogP contribution in [0.1, 0.15) is 18.9 Å². The van der Waals surface area contributed by atoms with Crippen molar-refractivity contribution in [3.8, 4) is 0 Å². The second kappa shape index (κ2) is 5.48. The van der Waals surface area contributed by atoms with Crippen LogP contribution < -0.4 is 0 Å². The second-order valence-corrected chi connectivity index (χ2v) is 6.06. The first-order valence-electron chi connectivity index (χ1n) is 6.93. The van der Waals surface area contributed by atoms with E-state index in [1.54, 1.807) is 0 Å². The van der Waals surface area contributed by atoms with Crippen molar-refractivity contribution in [2.45, 2.75) is 25.3 Å². The number of aromatic nitrogens is 1. The molecule has 2 nitrogen and oxygen atoms in total. The summed E-state index contributed by atoms with van der Waals surface area (Å²) in [6, 6.07) is 10.5. The highest BCUT2D eigenvalue weighted by Crippen LogP contribution is 2.24. The number of piperidine rings is 1. The summed E-state index contributed by atoms with van der Waals surface area (Å²) in [5.41, 5.74) is 2.43. The van der Waals surface area contributed by atoms with E-state index < -0.39 is 0 Å². The van der Waals surface area contributed by atoms with Crippen LogP contribution in [0, 0.1) is 5.92 Å². The summed E-state index contributed by atoms with van der Waals surface area (Å²) in [6.07, 6.45) is 3.10. The van der Waals surface area contributed by atoms with Gasteiger partial charge in [-0.05, 0) is 36.6 Å². The number of nitrogens with zero attached hydrogens (tertiary/aromatic N) is 2. The summed E-state index contributed by atoms with van der Waals surface area (Å²) in [7, 11) is 0. The largest absolute Gasteiger partial charge is 0.298 e. The molecule has 0 bridgehead atoms. The SMILES string of the molecule is CC1CCN(Cc2ccnc3ccccc23)CC1Cl. The minimum Gasteiger partial charge on any atom is -0.298 e. The molecular formula is C16H19ClN2. The van der Waals surface area contributed by atoms with Crippen LogP contribution in [0.15, 0.2) is 36.5 Å². The van der Waals surface area contributed by atoms with Crippen molar-refractivity contribution >= 4 is 22.5 Å². The van der Waals surface area contributed by atoms with E-state index in [0.29, 0.717) is 5.92 Å². The maximum atomic E-state index is 6.39. The lowest BCUT2D eigenvalue weighted by molar-refractivity contribution is 0.190. The molecule has 1 fully saturated rings. The van der Waals surface area contributed by atoms with Gasteiger partial charge in [0.05, 0.1) is 5.52 Å². The Hall–Kier alpha value is -1.12. The van der Waals surface area contributed by atoms with Gasteiger partial charge in [-0.2, -0.15) is 0 Å². The lowest BCUT2D eigenvalue weighted by Gasteiger charge is -2.34. The van der Waals surface area contributed by atoms with Crippen molar-refractivity contribution in [2.75, 3.05) is 13.1 Å². The van der Waals surface area contributed by atoms with Crippen LogP contribution >= 0.6 is 11.6 Å². The molecule has 2 unspecified atom stereocenters. The van der Waals surface area contributed by atoms with Crippen LogP contribution in [0.3, 0.4) is 0 Å². The van der Waals surface area contributed by atoms with Crippen molar-refractivity contribution in [1.82, 2.24) is 9.88 Å². The van der Waals surface area contributed by atoms with E-state index in [1.165, 1.54) is 17.4 Å². The summed E-state index contributed by atoms with van der Waals surface area (Å²) in [5.74, 6) is 0.632. The van der Waals surface area contributed by atoms with Crippen molar-refractivity contribution < 1.29 is 0 Å². The average molecular weight is 275 g/mol. The predicted octanol–water partition coefficient (Wildman–Crippen LogP) is 3.68. The number of fused-ring (bicyclic) bond motifs is 1. The van der Waals surface area contributed by atoms with Crippen LogP contribution in [0.25, 0.3) is 10.9 Å². The van der Waals surface area contributed by atoms with Crippen LogP contribution in [0.4, 0.5) is 0 Å². The zero-order valence-electron chi connectivity index (χ0n) is 11.2. The molecule has 2 heterocycles. The summed E-state index contributed by atoms with van der Waals surface area (Å²) < 4.78 is 0. The van der Waals surface area contributed by atoms with Gasteiger partial charge in [-0.3, -0.25) is 9.88 Å². The zero-order chi connectivity index (χ0) is 13.2. The van der Waals surface area contributed by atoms with Crippen LogP contribution in [0.2, 0.25) is 0 Å². The molecule has 0 N–H and O–H groups in total. The Labute approximate surface area is 119 Å².